The van der Waals surface area contributed by atoms with Crippen molar-refractivity contribution in [3.05, 3.63) is 106 Å². The van der Waals surface area contributed by atoms with E-state index in [1.165, 1.54) is 12.1 Å². The van der Waals surface area contributed by atoms with Gasteiger partial charge in [0.15, 0.2) is 0 Å². The van der Waals surface area contributed by atoms with Gasteiger partial charge in [-0.25, -0.2) is 0 Å². The van der Waals surface area contributed by atoms with Crippen LogP contribution >= 0.6 is 0 Å². The van der Waals surface area contributed by atoms with Crippen molar-refractivity contribution >= 4 is 17.3 Å². The van der Waals surface area contributed by atoms with Crippen LogP contribution in [0.5, 0.6) is 0 Å². The summed E-state index contributed by atoms with van der Waals surface area (Å²) in [5.74, 6) is -0.0817. The van der Waals surface area contributed by atoms with E-state index in [9.17, 15) is 14.9 Å². The summed E-state index contributed by atoms with van der Waals surface area (Å²) in [4.78, 5) is 25.7. The largest absolute Gasteiger partial charge is 0.361 e. The highest BCUT2D eigenvalue weighted by molar-refractivity contribution is 6.01. The summed E-state index contributed by atoms with van der Waals surface area (Å²) in [7, 11) is 0. The average molecular weight is 373 g/mol. The molecule has 0 unspecified atom stereocenters. The molecule has 1 heterocycles. The predicted molar refractivity (Wildman–Crippen MR) is 107 cm³/mol. The van der Waals surface area contributed by atoms with Gasteiger partial charge in [0, 0.05) is 29.9 Å². The van der Waals surface area contributed by atoms with Gasteiger partial charge in [0.1, 0.15) is 6.17 Å². The summed E-state index contributed by atoms with van der Waals surface area (Å²) in [6.07, 6.45) is 0.230. The average Bonchev–Trinajstić information content (AvgIpc) is 2.74. The number of hydrogen-bond donors (Lipinski definition) is 1. The first kappa shape index (κ1) is 17.7. The van der Waals surface area contributed by atoms with Crippen molar-refractivity contribution in [2.45, 2.75) is 12.6 Å². The van der Waals surface area contributed by atoms with Gasteiger partial charge >= 0.3 is 0 Å². The topological polar surface area (TPSA) is 75.5 Å². The second kappa shape index (κ2) is 7.52. The molecule has 0 aliphatic carbocycles. The minimum Gasteiger partial charge on any atom is -0.361 e. The minimum atomic E-state index is -0.467. The zero-order chi connectivity index (χ0) is 19.5. The van der Waals surface area contributed by atoms with E-state index in [1.807, 2.05) is 48.5 Å². The second-order valence-electron chi connectivity index (χ2n) is 6.68. The quantitative estimate of drug-likeness (QED) is 0.531. The van der Waals surface area contributed by atoms with Gasteiger partial charge in [-0.15, -0.1) is 0 Å². The molecule has 140 valence electrons. The summed E-state index contributed by atoms with van der Waals surface area (Å²) >= 11 is 0. The molecule has 1 aliphatic heterocycles. The van der Waals surface area contributed by atoms with Crippen LogP contribution in [-0.2, 0) is 6.42 Å². The van der Waals surface area contributed by atoms with Crippen molar-refractivity contribution in [1.82, 2.24) is 4.90 Å². The molecular formula is C22H19N3O3. The first-order valence-electron chi connectivity index (χ1n) is 9.08. The fourth-order valence-corrected chi connectivity index (χ4v) is 3.49. The first-order chi connectivity index (χ1) is 13.6. The molecule has 1 N–H and O–H groups in total. The van der Waals surface area contributed by atoms with Crippen molar-refractivity contribution in [1.29, 1.82) is 0 Å². The van der Waals surface area contributed by atoms with Gasteiger partial charge in [-0.05, 0) is 24.1 Å². The Kier molecular flexibility index (Phi) is 4.76. The lowest BCUT2D eigenvalue weighted by atomic mass is 10.0. The fourth-order valence-electron chi connectivity index (χ4n) is 3.49. The molecule has 6 heteroatoms. The molecule has 1 atom stereocenters. The molecule has 1 aliphatic rings. The van der Waals surface area contributed by atoms with E-state index >= 15 is 0 Å². The first-order valence-corrected chi connectivity index (χ1v) is 9.08. The Bertz CT molecular complexity index is 1020. The number of fused-ring (bicyclic) bond motifs is 1. The van der Waals surface area contributed by atoms with Gasteiger partial charge in [-0.2, -0.15) is 0 Å². The zero-order valence-electron chi connectivity index (χ0n) is 15.1. The van der Waals surface area contributed by atoms with Gasteiger partial charge in [-0.3, -0.25) is 14.9 Å². The molecular weight excluding hydrogens is 354 g/mol. The van der Waals surface area contributed by atoms with E-state index in [0.717, 1.165) is 11.3 Å². The number of carbonyl (C=O) groups is 1. The molecule has 1 amide bonds. The predicted octanol–water partition coefficient (Wildman–Crippen LogP) is 4.40. The standard InChI is InChI=1S/C22H19N3O3/c26-22-19-11-4-5-12-20(19)23-21(17-9-6-10-18(15-17)25(27)28)24(22)14-13-16-7-2-1-3-8-16/h1-12,15,21,23H,13-14H2/t21-/m1/s1. The number of nitrogens with one attached hydrogen (secondary N) is 1. The van der Waals surface area contributed by atoms with Gasteiger partial charge in [-0.1, -0.05) is 54.6 Å². The third-order valence-corrected chi connectivity index (χ3v) is 4.90. The Morgan fingerprint density at radius 3 is 2.50 bits per heavy atom. The molecule has 0 fully saturated rings. The molecule has 3 aromatic carbocycles. The number of para-hydroxylation sites is 1. The number of rotatable bonds is 5. The second-order valence-corrected chi connectivity index (χ2v) is 6.68. The van der Waals surface area contributed by atoms with Crippen LogP contribution in [0.3, 0.4) is 0 Å². The van der Waals surface area contributed by atoms with Gasteiger partial charge in [0.25, 0.3) is 11.6 Å². The third kappa shape index (κ3) is 3.44. The van der Waals surface area contributed by atoms with Crippen LogP contribution in [0.4, 0.5) is 11.4 Å². The Balaban J connectivity index is 1.69. The highest BCUT2D eigenvalue weighted by atomic mass is 16.6. The van der Waals surface area contributed by atoms with Crippen molar-refractivity contribution in [3.63, 3.8) is 0 Å². The van der Waals surface area contributed by atoms with Crippen molar-refractivity contribution in [2.24, 2.45) is 0 Å². The van der Waals surface area contributed by atoms with Crippen LogP contribution in [0.2, 0.25) is 0 Å². The van der Waals surface area contributed by atoms with E-state index < -0.39 is 11.1 Å². The number of hydrogen-bond acceptors (Lipinski definition) is 4. The smallest absolute Gasteiger partial charge is 0.269 e. The number of non-ortho nitro benzene ring substituents is 1. The van der Waals surface area contributed by atoms with Crippen LogP contribution in [0, 0.1) is 10.1 Å². The van der Waals surface area contributed by atoms with E-state index in [2.05, 4.69) is 5.32 Å². The molecule has 28 heavy (non-hydrogen) atoms. The Labute approximate surface area is 162 Å². The lowest BCUT2D eigenvalue weighted by molar-refractivity contribution is -0.384. The highest BCUT2D eigenvalue weighted by Crippen LogP contribution is 2.34. The van der Waals surface area contributed by atoms with Gasteiger partial charge in [0.2, 0.25) is 0 Å². The zero-order valence-corrected chi connectivity index (χ0v) is 15.1. The van der Waals surface area contributed by atoms with E-state index in [1.54, 1.807) is 23.1 Å². The van der Waals surface area contributed by atoms with Gasteiger partial charge < -0.3 is 10.2 Å². The summed E-state index contributed by atoms with van der Waals surface area (Å²) in [6.45, 7) is 0.498. The molecule has 6 nitrogen and oxygen atoms in total. The molecule has 4 rings (SSSR count). The van der Waals surface area contributed by atoms with Crippen LogP contribution < -0.4 is 5.32 Å². The number of anilines is 1. The Hall–Kier alpha value is -3.67. The molecule has 0 saturated carbocycles. The number of carbonyl (C=O) groups excluding carboxylic acids is 1. The molecule has 0 radical (unpaired) electrons. The SMILES string of the molecule is O=C1c2ccccc2N[C@@H](c2cccc([N+](=O)[O-])c2)N1CCc1ccccc1. The Morgan fingerprint density at radius 1 is 0.964 bits per heavy atom. The van der Waals surface area contributed by atoms with E-state index in [4.69, 9.17) is 0 Å². The van der Waals surface area contributed by atoms with Crippen LogP contribution in [0.25, 0.3) is 0 Å². The lowest BCUT2D eigenvalue weighted by Crippen LogP contribution is -2.44. The third-order valence-electron chi connectivity index (χ3n) is 4.90. The molecule has 0 aromatic heterocycles. The minimum absolute atomic E-state index is 0.00798. The summed E-state index contributed by atoms with van der Waals surface area (Å²) in [6, 6.07) is 23.7. The molecule has 0 saturated heterocycles. The van der Waals surface area contributed by atoms with Crippen LogP contribution in [0.15, 0.2) is 78.9 Å². The van der Waals surface area contributed by atoms with Crippen molar-refractivity contribution in [2.75, 3.05) is 11.9 Å². The number of nitro groups is 1. The molecule has 3 aromatic rings. The maximum absolute atomic E-state index is 13.2. The summed E-state index contributed by atoms with van der Waals surface area (Å²) in [5, 5.41) is 14.6. The highest BCUT2D eigenvalue weighted by Gasteiger charge is 2.33. The fraction of sp³-hybridized carbons (Fsp3) is 0.136. The number of benzene rings is 3. The number of nitro benzene ring substituents is 1. The van der Waals surface area contributed by atoms with Gasteiger partial charge in [0.05, 0.1) is 10.5 Å². The molecule has 0 bridgehead atoms. The lowest BCUT2D eigenvalue weighted by Gasteiger charge is -2.38. The van der Waals surface area contributed by atoms with Crippen LogP contribution in [0.1, 0.15) is 27.7 Å². The van der Waals surface area contributed by atoms with Crippen LogP contribution in [-0.4, -0.2) is 22.3 Å². The molecule has 0 spiro atoms. The monoisotopic (exact) mass is 373 g/mol. The Morgan fingerprint density at radius 2 is 1.71 bits per heavy atom. The van der Waals surface area contributed by atoms with Crippen molar-refractivity contribution < 1.29 is 9.72 Å². The number of amides is 1. The normalized spacial score (nSPS) is 15.6. The van der Waals surface area contributed by atoms with E-state index in [-0.39, 0.29) is 11.6 Å². The maximum atomic E-state index is 13.2. The summed E-state index contributed by atoms with van der Waals surface area (Å²) in [5.41, 5.74) is 3.17. The van der Waals surface area contributed by atoms with E-state index in [0.29, 0.717) is 24.1 Å². The maximum Gasteiger partial charge on any atom is 0.269 e. The summed E-state index contributed by atoms with van der Waals surface area (Å²) < 4.78 is 0. The van der Waals surface area contributed by atoms with Crippen molar-refractivity contribution in [3.8, 4) is 0 Å². The number of nitrogens with zero attached hydrogens (tertiary/aromatic N) is 2.